The van der Waals surface area contributed by atoms with Gasteiger partial charge in [-0.2, -0.15) is 0 Å². The first-order chi connectivity index (χ1) is 13.2. The summed E-state index contributed by atoms with van der Waals surface area (Å²) in [7, 11) is -0.512. The highest BCUT2D eigenvalue weighted by Gasteiger charge is 2.50. The summed E-state index contributed by atoms with van der Waals surface area (Å²) in [5.41, 5.74) is 3.21. The number of aryl methyl sites for hydroxylation is 3. The van der Waals surface area contributed by atoms with Gasteiger partial charge in [0.05, 0.1) is 6.61 Å². The third-order valence-corrected chi connectivity index (χ3v) is 5.82. The van der Waals surface area contributed by atoms with Crippen LogP contribution in [-0.4, -0.2) is 23.5 Å². The highest BCUT2D eigenvalue weighted by atomic mass is 31.1. The summed E-state index contributed by atoms with van der Waals surface area (Å²) < 4.78 is 17.9. The van der Waals surface area contributed by atoms with Gasteiger partial charge in [0, 0.05) is 5.56 Å². The molecule has 1 aromatic carbocycles. The van der Waals surface area contributed by atoms with E-state index in [-0.39, 0.29) is 30.3 Å². The fraction of sp³-hybridized carbons (Fsp3) is 0.667. The molecule has 0 fully saturated rings. The average molecular weight is 421 g/mol. The zero-order valence-electron chi connectivity index (χ0n) is 19.5. The molecule has 0 saturated heterocycles. The van der Waals surface area contributed by atoms with E-state index in [1.807, 2.05) is 53.7 Å². The summed E-state index contributed by atoms with van der Waals surface area (Å²) in [5.74, 6) is -0.942. The summed E-state index contributed by atoms with van der Waals surface area (Å²) in [4.78, 5) is 26.7. The number of ketones is 1. The van der Waals surface area contributed by atoms with E-state index in [0.717, 1.165) is 23.1 Å². The molecule has 162 valence electrons. The number of hydrogen-bond acceptors (Lipinski definition) is 4. The Labute approximate surface area is 178 Å². The van der Waals surface area contributed by atoms with Crippen LogP contribution in [0.25, 0.3) is 0 Å². The molecule has 0 aliphatic carbocycles. The van der Waals surface area contributed by atoms with Crippen LogP contribution in [0.1, 0.15) is 81.4 Å². The Morgan fingerprint density at radius 2 is 1.52 bits per heavy atom. The first-order valence-corrected chi connectivity index (χ1v) is 11.2. The average Bonchev–Trinajstić information content (AvgIpc) is 2.54. The first-order valence-electron chi connectivity index (χ1n) is 10.4. The van der Waals surface area contributed by atoms with Gasteiger partial charge in [0.15, 0.2) is 14.2 Å². The molecule has 0 radical (unpaired) electrons. The smallest absolute Gasteiger partial charge is 0.331 e. The van der Waals surface area contributed by atoms with Gasteiger partial charge >= 0.3 is 5.97 Å². The summed E-state index contributed by atoms with van der Waals surface area (Å²) in [5, 5.41) is -1.71. The summed E-state index contributed by atoms with van der Waals surface area (Å²) in [6.07, 6.45) is 1.06. The molecule has 0 aliphatic heterocycles. The van der Waals surface area contributed by atoms with Gasteiger partial charge in [-0.3, -0.25) is 14.2 Å². The first kappa shape index (κ1) is 25.5. The molecule has 1 rings (SSSR count). The Kier molecular flexibility index (Phi) is 8.77. The SMILES string of the molecule is Cc1cc(C)c(C(=O)C(CC(C)C)(P=O)C(=O)OCC(C)CC(C)(C)C)c(C)c1. The quantitative estimate of drug-likeness (QED) is 0.198. The van der Waals surface area contributed by atoms with Gasteiger partial charge in [0.25, 0.3) is 0 Å². The number of esters is 1. The molecule has 4 nitrogen and oxygen atoms in total. The number of ether oxygens (including phenoxy) is 1. The lowest BCUT2D eigenvalue weighted by Gasteiger charge is -2.28. The van der Waals surface area contributed by atoms with Crippen molar-refractivity contribution in [3.63, 3.8) is 0 Å². The third-order valence-electron chi connectivity index (χ3n) is 4.94. The van der Waals surface area contributed by atoms with Crippen molar-refractivity contribution < 1.29 is 18.9 Å². The van der Waals surface area contributed by atoms with E-state index in [4.69, 9.17) is 4.74 Å². The van der Waals surface area contributed by atoms with Gasteiger partial charge in [-0.25, -0.2) is 0 Å². The maximum Gasteiger partial charge on any atom is 0.331 e. The van der Waals surface area contributed by atoms with Gasteiger partial charge in [-0.1, -0.05) is 59.2 Å². The molecule has 0 amide bonds. The van der Waals surface area contributed by atoms with Crippen LogP contribution in [0.4, 0.5) is 0 Å². The van der Waals surface area contributed by atoms with Crippen molar-refractivity contribution in [3.05, 3.63) is 34.4 Å². The number of rotatable bonds is 9. The van der Waals surface area contributed by atoms with E-state index < -0.39 is 25.4 Å². The normalized spacial score (nSPS) is 15.2. The minimum atomic E-state index is -1.71. The number of benzene rings is 1. The minimum Gasteiger partial charge on any atom is -0.464 e. The van der Waals surface area contributed by atoms with E-state index in [1.165, 1.54) is 0 Å². The molecule has 0 heterocycles. The molecular formula is C24H37O4P. The molecule has 0 N–H and O–H groups in total. The monoisotopic (exact) mass is 420 g/mol. The fourth-order valence-electron chi connectivity index (χ4n) is 4.16. The van der Waals surface area contributed by atoms with Crippen LogP contribution in [-0.2, 0) is 14.1 Å². The molecule has 2 atom stereocenters. The van der Waals surface area contributed by atoms with Crippen molar-refractivity contribution >= 4 is 20.2 Å². The molecule has 29 heavy (non-hydrogen) atoms. The zero-order valence-corrected chi connectivity index (χ0v) is 20.4. The number of carbonyl (C=O) groups is 2. The van der Waals surface area contributed by atoms with E-state index in [2.05, 4.69) is 20.8 Å². The Bertz CT molecular complexity index is 738. The molecule has 0 spiro atoms. The van der Waals surface area contributed by atoms with Gasteiger partial charge in [-0.05, 0) is 62.0 Å². The van der Waals surface area contributed by atoms with Crippen LogP contribution in [0.3, 0.4) is 0 Å². The van der Waals surface area contributed by atoms with E-state index in [0.29, 0.717) is 5.56 Å². The van der Waals surface area contributed by atoms with Gasteiger partial charge in [-0.15, -0.1) is 0 Å². The Balaban J connectivity index is 3.27. The van der Waals surface area contributed by atoms with Crippen LogP contribution in [0.2, 0.25) is 0 Å². The predicted octanol–water partition coefficient (Wildman–Crippen LogP) is 6.49. The zero-order chi connectivity index (χ0) is 22.6. The maximum atomic E-state index is 13.6. The second kappa shape index (κ2) is 9.98. The third kappa shape index (κ3) is 6.74. The van der Waals surface area contributed by atoms with Crippen LogP contribution in [0, 0.1) is 38.0 Å². The molecule has 0 saturated carbocycles. The van der Waals surface area contributed by atoms with E-state index >= 15 is 0 Å². The minimum absolute atomic E-state index is 0.00556. The summed E-state index contributed by atoms with van der Waals surface area (Å²) in [6.45, 7) is 18.1. The Morgan fingerprint density at radius 1 is 1.00 bits per heavy atom. The lowest BCUT2D eigenvalue weighted by molar-refractivity contribution is -0.147. The van der Waals surface area contributed by atoms with Crippen molar-refractivity contribution in [2.45, 2.75) is 80.3 Å². The Morgan fingerprint density at radius 3 is 1.93 bits per heavy atom. The van der Waals surface area contributed by atoms with Crippen LogP contribution < -0.4 is 0 Å². The number of Topliss-reactive ketones (excluding diaryl/α,β-unsaturated/α-hetero) is 1. The van der Waals surface area contributed by atoms with Crippen molar-refractivity contribution in [1.29, 1.82) is 0 Å². The molecule has 5 heteroatoms. The molecule has 0 aromatic heterocycles. The van der Waals surface area contributed by atoms with Gasteiger partial charge in [0.1, 0.15) is 0 Å². The second-order valence-corrected chi connectivity index (χ2v) is 11.1. The number of carbonyl (C=O) groups excluding carboxylic acids is 2. The van der Waals surface area contributed by atoms with Crippen molar-refractivity contribution in [3.8, 4) is 0 Å². The van der Waals surface area contributed by atoms with Crippen molar-refractivity contribution in [1.82, 2.24) is 0 Å². The Hall–Kier alpha value is -1.54. The van der Waals surface area contributed by atoms with Crippen LogP contribution in [0.5, 0.6) is 0 Å². The highest BCUT2D eigenvalue weighted by molar-refractivity contribution is 7.30. The lowest BCUT2D eigenvalue weighted by atomic mass is 9.84. The van der Waals surface area contributed by atoms with Gasteiger partial charge in [0.2, 0.25) is 5.16 Å². The predicted molar refractivity (Wildman–Crippen MR) is 119 cm³/mol. The van der Waals surface area contributed by atoms with Crippen LogP contribution in [0.15, 0.2) is 12.1 Å². The van der Waals surface area contributed by atoms with E-state index in [9.17, 15) is 14.2 Å². The van der Waals surface area contributed by atoms with Crippen molar-refractivity contribution in [2.24, 2.45) is 17.3 Å². The largest absolute Gasteiger partial charge is 0.464 e. The topological polar surface area (TPSA) is 60.4 Å². The summed E-state index contributed by atoms with van der Waals surface area (Å²) in [6, 6.07) is 3.83. The molecule has 0 bridgehead atoms. The van der Waals surface area contributed by atoms with Crippen LogP contribution >= 0.6 is 8.46 Å². The second-order valence-electron chi connectivity index (χ2n) is 10.1. The van der Waals surface area contributed by atoms with Crippen molar-refractivity contribution in [2.75, 3.05) is 6.61 Å². The standard InChI is InChI=1S/C24H37O4P/c1-15(2)12-24(29-27,22(26)28-14-17(4)13-23(7,8)9)21(25)20-18(5)10-16(3)11-19(20)6/h10-11,15,17H,12-14H2,1-9H3. The molecule has 1 aromatic rings. The highest BCUT2D eigenvalue weighted by Crippen LogP contribution is 2.38. The molecule has 2 unspecified atom stereocenters. The summed E-state index contributed by atoms with van der Waals surface area (Å²) >= 11 is 0. The van der Waals surface area contributed by atoms with Gasteiger partial charge < -0.3 is 4.74 Å². The maximum absolute atomic E-state index is 13.6. The molecular weight excluding hydrogens is 383 g/mol. The lowest BCUT2D eigenvalue weighted by Crippen LogP contribution is -2.45. The number of hydrogen-bond donors (Lipinski definition) is 0. The molecule has 0 aliphatic rings. The fourth-order valence-corrected chi connectivity index (χ4v) is 4.94. The van der Waals surface area contributed by atoms with E-state index in [1.54, 1.807) is 0 Å².